The molecule has 154 valence electrons. The van der Waals surface area contributed by atoms with Gasteiger partial charge in [0, 0.05) is 19.2 Å². The third-order valence-corrected chi connectivity index (χ3v) is 4.52. The highest BCUT2D eigenvalue weighted by Gasteiger charge is 2.30. The summed E-state index contributed by atoms with van der Waals surface area (Å²) in [5.74, 6) is -2.09. The molecule has 0 saturated carbocycles. The van der Waals surface area contributed by atoms with Crippen LogP contribution in [0.1, 0.15) is 27.8 Å². The van der Waals surface area contributed by atoms with E-state index in [0.29, 0.717) is 11.4 Å². The van der Waals surface area contributed by atoms with E-state index in [2.05, 4.69) is 10.3 Å². The lowest BCUT2D eigenvalue weighted by atomic mass is 10.0. The van der Waals surface area contributed by atoms with E-state index in [9.17, 15) is 24.1 Å². The van der Waals surface area contributed by atoms with Gasteiger partial charge in [-0.2, -0.15) is 0 Å². The van der Waals surface area contributed by atoms with Crippen LogP contribution in [0.5, 0.6) is 0 Å². The quantitative estimate of drug-likeness (QED) is 0.485. The number of nitrogens with zero attached hydrogens (tertiary/aromatic N) is 5. The van der Waals surface area contributed by atoms with E-state index < -0.39 is 28.6 Å². The maximum atomic E-state index is 13.6. The van der Waals surface area contributed by atoms with Crippen molar-refractivity contribution in [1.29, 1.82) is 0 Å². The molecule has 1 atom stereocenters. The van der Waals surface area contributed by atoms with E-state index in [1.807, 2.05) is 0 Å². The van der Waals surface area contributed by atoms with Crippen LogP contribution in [0.4, 0.5) is 10.1 Å². The van der Waals surface area contributed by atoms with Gasteiger partial charge in [0.15, 0.2) is 5.69 Å². The first-order valence-corrected chi connectivity index (χ1v) is 8.69. The molecule has 3 aromatic rings. The molecule has 11 heteroatoms. The molecule has 1 heterocycles. The Morgan fingerprint density at radius 3 is 2.57 bits per heavy atom. The fraction of sp³-hybridized carbons (Fsp3) is 0.158. The highest BCUT2D eigenvalue weighted by atomic mass is 19.1. The number of likely N-dealkylation sites (N-methyl/N-ethyl adjacent to an activating group) is 1. The third kappa shape index (κ3) is 3.85. The molecule has 0 radical (unpaired) electrons. The number of primary amides is 1. The van der Waals surface area contributed by atoms with Gasteiger partial charge in [0.05, 0.1) is 16.3 Å². The minimum Gasteiger partial charge on any atom is -0.368 e. The Kier molecular flexibility index (Phi) is 5.54. The van der Waals surface area contributed by atoms with E-state index in [0.717, 1.165) is 11.0 Å². The minimum atomic E-state index is -1.23. The number of carbonyl (C=O) groups excluding carboxylic acids is 2. The first-order valence-electron chi connectivity index (χ1n) is 8.69. The molecule has 0 aliphatic rings. The van der Waals surface area contributed by atoms with Gasteiger partial charge in [-0.1, -0.05) is 23.4 Å². The Hall–Kier alpha value is -4.15. The van der Waals surface area contributed by atoms with E-state index >= 15 is 0 Å². The average molecular weight is 412 g/mol. The van der Waals surface area contributed by atoms with Crippen molar-refractivity contribution in [2.45, 2.75) is 13.0 Å². The molecule has 0 aliphatic heterocycles. The number of nitro benzene ring substituents is 1. The Balaban J connectivity index is 1.96. The Morgan fingerprint density at radius 2 is 1.93 bits per heavy atom. The highest BCUT2D eigenvalue weighted by Crippen LogP contribution is 2.24. The molecule has 0 bridgehead atoms. The number of amides is 2. The van der Waals surface area contributed by atoms with Crippen molar-refractivity contribution < 1.29 is 18.9 Å². The first-order chi connectivity index (χ1) is 14.2. The summed E-state index contributed by atoms with van der Waals surface area (Å²) in [7, 11) is 1.34. The predicted molar refractivity (Wildman–Crippen MR) is 103 cm³/mol. The van der Waals surface area contributed by atoms with Crippen molar-refractivity contribution in [2.75, 3.05) is 7.05 Å². The number of non-ortho nitro benzene ring substituents is 1. The molecule has 0 spiro atoms. The van der Waals surface area contributed by atoms with Crippen molar-refractivity contribution in [2.24, 2.45) is 5.73 Å². The van der Waals surface area contributed by atoms with Crippen LogP contribution in [0.15, 0.2) is 48.5 Å². The second kappa shape index (κ2) is 8.07. The summed E-state index contributed by atoms with van der Waals surface area (Å²) in [6.45, 7) is 1.56. The minimum absolute atomic E-state index is 0.0772. The second-order valence-corrected chi connectivity index (χ2v) is 6.49. The van der Waals surface area contributed by atoms with Crippen molar-refractivity contribution >= 4 is 17.5 Å². The lowest BCUT2D eigenvalue weighted by molar-refractivity contribution is -0.384. The van der Waals surface area contributed by atoms with Crippen molar-refractivity contribution in [3.05, 3.63) is 81.4 Å². The van der Waals surface area contributed by atoms with Gasteiger partial charge in [0.2, 0.25) is 5.91 Å². The summed E-state index contributed by atoms with van der Waals surface area (Å²) in [5.41, 5.74) is 6.08. The number of benzene rings is 2. The number of carbonyl (C=O) groups is 2. The number of halogens is 1. The number of hydrogen-bond donors (Lipinski definition) is 1. The standard InChI is InChI=1S/C19H17FN6O4/c1-11-16(22-23-25(11)14-7-4-8-15(10-14)26(29)30)19(28)24(2)17(18(21)27)12-5-3-6-13(20)9-12/h3-10,17H,1-2H3,(H2,21,27). The van der Waals surface area contributed by atoms with Crippen LogP contribution in [0, 0.1) is 22.9 Å². The fourth-order valence-corrected chi connectivity index (χ4v) is 3.05. The lowest BCUT2D eigenvalue weighted by Gasteiger charge is -2.25. The number of nitro groups is 1. The molecule has 2 amide bonds. The topological polar surface area (TPSA) is 137 Å². The van der Waals surface area contributed by atoms with Crippen LogP contribution in [-0.4, -0.2) is 43.7 Å². The molecule has 2 aromatic carbocycles. The van der Waals surface area contributed by atoms with Gasteiger partial charge in [-0.3, -0.25) is 19.7 Å². The number of aromatic nitrogens is 3. The normalized spacial score (nSPS) is 11.7. The Morgan fingerprint density at radius 1 is 1.23 bits per heavy atom. The van der Waals surface area contributed by atoms with Gasteiger partial charge >= 0.3 is 0 Å². The van der Waals surface area contributed by atoms with Crippen molar-refractivity contribution in [1.82, 2.24) is 19.9 Å². The maximum Gasteiger partial charge on any atom is 0.277 e. The summed E-state index contributed by atoms with van der Waals surface area (Å²) >= 11 is 0. The zero-order valence-electron chi connectivity index (χ0n) is 16.0. The van der Waals surface area contributed by atoms with E-state index in [1.165, 1.54) is 48.1 Å². The molecule has 10 nitrogen and oxygen atoms in total. The zero-order chi connectivity index (χ0) is 22.0. The molecular weight excluding hydrogens is 395 g/mol. The van der Waals surface area contributed by atoms with Gasteiger partial charge in [-0.15, -0.1) is 5.10 Å². The van der Waals surface area contributed by atoms with Crippen LogP contribution < -0.4 is 5.73 Å². The van der Waals surface area contributed by atoms with Crippen LogP contribution in [-0.2, 0) is 4.79 Å². The third-order valence-electron chi connectivity index (χ3n) is 4.52. The second-order valence-electron chi connectivity index (χ2n) is 6.49. The van der Waals surface area contributed by atoms with Crippen LogP contribution in [0.3, 0.4) is 0 Å². The first kappa shape index (κ1) is 20.6. The smallest absolute Gasteiger partial charge is 0.277 e. The molecule has 1 aromatic heterocycles. The molecule has 0 fully saturated rings. The van der Waals surface area contributed by atoms with Crippen molar-refractivity contribution in [3.63, 3.8) is 0 Å². The molecule has 1 unspecified atom stereocenters. The molecular formula is C19H17FN6O4. The summed E-state index contributed by atoms with van der Waals surface area (Å²) < 4.78 is 14.9. The van der Waals surface area contributed by atoms with E-state index in [1.54, 1.807) is 13.0 Å². The van der Waals surface area contributed by atoms with E-state index in [4.69, 9.17) is 5.73 Å². The average Bonchev–Trinajstić information content (AvgIpc) is 3.08. The van der Waals surface area contributed by atoms with Gasteiger partial charge in [-0.05, 0) is 30.7 Å². The number of hydrogen-bond acceptors (Lipinski definition) is 6. The molecule has 2 N–H and O–H groups in total. The highest BCUT2D eigenvalue weighted by molar-refractivity contribution is 5.96. The Labute approximate surface area is 169 Å². The zero-order valence-corrected chi connectivity index (χ0v) is 16.0. The Bertz CT molecular complexity index is 1150. The molecule has 30 heavy (non-hydrogen) atoms. The summed E-state index contributed by atoms with van der Waals surface area (Å²) in [5, 5.41) is 18.8. The summed E-state index contributed by atoms with van der Waals surface area (Å²) in [4.78, 5) is 36.5. The number of rotatable bonds is 6. The van der Waals surface area contributed by atoms with Gasteiger partial charge < -0.3 is 10.6 Å². The SMILES string of the molecule is Cc1c(C(=O)N(C)C(C(N)=O)c2cccc(F)c2)nnn1-c1cccc([N+](=O)[O-])c1. The van der Waals surface area contributed by atoms with Crippen molar-refractivity contribution in [3.8, 4) is 5.69 Å². The summed E-state index contributed by atoms with van der Waals surface area (Å²) in [6.07, 6.45) is 0. The van der Waals surface area contributed by atoms with Crippen LogP contribution in [0.2, 0.25) is 0 Å². The van der Waals surface area contributed by atoms with Gasteiger partial charge in [-0.25, -0.2) is 9.07 Å². The maximum absolute atomic E-state index is 13.6. The van der Waals surface area contributed by atoms with Crippen LogP contribution >= 0.6 is 0 Å². The largest absolute Gasteiger partial charge is 0.368 e. The van der Waals surface area contributed by atoms with Crippen LogP contribution in [0.25, 0.3) is 5.69 Å². The van der Waals surface area contributed by atoms with E-state index in [-0.39, 0.29) is 16.9 Å². The fourth-order valence-electron chi connectivity index (χ4n) is 3.05. The molecule has 3 rings (SSSR count). The summed E-state index contributed by atoms with van der Waals surface area (Å²) in [6, 6.07) is 9.66. The molecule has 0 saturated heterocycles. The predicted octanol–water partition coefficient (Wildman–Crippen LogP) is 1.92. The van der Waals surface area contributed by atoms with Gasteiger partial charge in [0.1, 0.15) is 11.9 Å². The number of nitrogens with two attached hydrogens (primary N) is 1. The van der Waals surface area contributed by atoms with Gasteiger partial charge in [0.25, 0.3) is 11.6 Å². The molecule has 0 aliphatic carbocycles. The lowest BCUT2D eigenvalue weighted by Crippen LogP contribution is -2.39. The monoisotopic (exact) mass is 412 g/mol.